The highest BCUT2D eigenvalue weighted by Gasteiger charge is 2.27. The Morgan fingerprint density at radius 2 is 2.19 bits per heavy atom. The predicted octanol–water partition coefficient (Wildman–Crippen LogP) is 1.88. The Balaban J connectivity index is 1.79. The van der Waals surface area contributed by atoms with Crippen LogP contribution in [0.4, 0.5) is 0 Å². The van der Waals surface area contributed by atoms with E-state index >= 15 is 0 Å². The third-order valence-electron chi connectivity index (χ3n) is 4.07. The molecule has 0 bridgehead atoms. The lowest BCUT2D eigenvalue weighted by molar-refractivity contribution is -0.136. The van der Waals surface area contributed by atoms with Crippen LogP contribution in [0.1, 0.15) is 44.0 Å². The summed E-state index contributed by atoms with van der Waals surface area (Å²) in [6, 6.07) is 2.13. The standard InChI is InChI=1S/C16H28N4O/c1-4-8-17-15-7-5-9-19(16(15)21)10-6-11-20-14(3)12-13(2)18-20/h12,15,17H,4-11H2,1-3H3. The van der Waals surface area contributed by atoms with Crippen molar-refractivity contribution in [2.75, 3.05) is 19.6 Å². The van der Waals surface area contributed by atoms with Gasteiger partial charge in [0.25, 0.3) is 0 Å². The van der Waals surface area contributed by atoms with Crippen molar-refractivity contribution >= 4 is 5.91 Å². The van der Waals surface area contributed by atoms with Crippen LogP contribution in [-0.2, 0) is 11.3 Å². The van der Waals surface area contributed by atoms with E-state index in [1.807, 2.05) is 16.5 Å². The van der Waals surface area contributed by atoms with Gasteiger partial charge in [-0.1, -0.05) is 6.92 Å². The second kappa shape index (κ2) is 7.59. The maximum absolute atomic E-state index is 12.4. The minimum absolute atomic E-state index is 0.0346. The summed E-state index contributed by atoms with van der Waals surface area (Å²) in [6.07, 6.45) is 4.12. The summed E-state index contributed by atoms with van der Waals surface area (Å²) >= 11 is 0. The second-order valence-corrected chi connectivity index (χ2v) is 5.98. The number of nitrogens with one attached hydrogen (secondary N) is 1. The van der Waals surface area contributed by atoms with Crippen molar-refractivity contribution in [1.82, 2.24) is 20.0 Å². The Morgan fingerprint density at radius 3 is 2.86 bits per heavy atom. The van der Waals surface area contributed by atoms with Crippen molar-refractivity contribution in [3.8, 4) is 0 Å². The average molecular weight is 292 g/mol. The van der Waals surface area contributed by atoms with Crippen molar-refractivity contribution in [2.45, 2.75) is 59.0 Å². The zero-order valence-electron chi connectivity index (χ0n) is 13.6. The number of rotatable bonds is 7. The Labute approximate surface area is 127 Å². The predicted molar refractivity (Wildman–Crippen MR) is 84.2 cm³/mol. The van der Waals surface area contributed by atoms with Crippen molar-refractivity contribution in [3.63, 3.8) is 0 Å². The summed E-state index contributed by atoms with van der Waals surface area (Å²) in [6.45, 7) is 9.78. The van der Waals surface area contributed by atoms with Crippen LogP contribution in [0.3, 0.4) is 0 Å². The molecule has 0 saturated carbocycles. The molecule has 1 aromatic rings. The monoisotopic (exact) mass is 292 g/mol. The minimum atomic E-state index is 0.0346. The van der Waals surface area contributed by atoms with E-state index in [-0.39, 0.29) is 11.9 Å². The topological polar surface area (TPSA) is 50.2 Å². The van der Waals surface area contributed by atoms with Crippen LogP contribution < -0.4 is 5.32 Å². The lowest BCUT2D eigenvalue weighted by Gasteiger charge is -2.32. The van der Waals surface area contributed by atoms with Gasteiger partial charge in [0.2, 0.25) is 5.91 Å². The molecule has 1 unspecified atom stereocenters. The summed E-state index contributed by atoms with van der Waals surface area (Å²) in [5.74, 6) is 0.281. The van der Waals surface area contributed by atoms with Gasteiger partial charge in [-0.3, -0.25) is 9.48 Å². The summed E-state index contributed by atoms with van der Waals surface area (Å²) in [5.41, 5.74) is 2.25. The first-order valence-electron chi connectivity index (χ1n) is 8.15. The smallest absolute Gasteiger partial charge is 0.239 e. The van der Waals surface area contributed by atoms with Crippen LogP contribution in [0.15, 0.2) is 6.07 Å². The average Bonchev–Trinajstić information content (AvgIpc) is 2.77. The summed E-state index contributed by atoms with van der Waals surface area (Å²) < 4.78 is 2.04. The van der Waals surface area contributed by atoms with Gasteiger partial charge in [0, 0.05) is 25.3 Å². The van der Waals surface area contributed by atoms with Gasteiger partial charge in [0.15, 0.2) is 0 Å². The van der Waals surface area contributed by atoms with Crippen LogP contribution in [0.5, 0.6) is 0 Å². The molecule has 0 spiro atoms. The molecule has 1 saturated heterocycles. The molecule has 5 heteroatoms. The highest BCUT2D eigenvalue weighted by molar-refractivity contribution is 5.82. The van der Waals surface area contributed by atoms with Gasteiger partial charge in [0.05, 0.1) is 11.7 Å². The zero-order valence-corrected chi connectivity index (χ0v) is 13.6. The molecule has 5 nitrogen and oxygen atoms in total. The molecule has 0 radical (unpaired) electrons. The van der Waals surface area contributed by atoms with Gasteiger partial charge >= 0.3 is 0 Å². The number of nitrogens with zero attached hydrogens (tertiary/aromatic N) is 3. The highest BCUT2D eigenvalue weighted by Crippen LogP contribution is 2.13. The molecule has 1 aliphatic rings. The Bertz CT molecular complexity index is 469. The number of amides is 1. The molecular formula is C16H28N4O. The van der Waals surface area contributed by atoms with Crippen LogP contribution in [-0.4, -0.2) is 46.3 Å². The van der Waals surface area contributed by atoms with E-state index in [9.17, 15) is 4.79 Å². The molecule has 1 fully saturated rings. The number of carbonyl (C=O) groups is 1. The summed E-state index contributed by atoms with van der Waals surface area (Å²) in [7, 11) is 0. The van der Waals surface area contributed by atoms with E-state index in [1.165, 1.54) is 5.69 Å². The van der Waals surface area contributed by atoms with Gasteiger partial charge in [0.1, 0.15) is 0 Å². The van der Waals surface area contributed by atoms with E-state index in [0.29, 0.717) is 0 Å². The largest absolute Gasteiger partial charge is 0.341 e. The highest BCUT2D eigenvalue weighted by atomic mass is 16.2. The molecular weight excluding hydrogens is 264 g/mol. The number of hydrogen-bond acceptors (Lipinski definition) is 3. The fourth-order valence-electron chi connectivity index (χ4n) is 2.98. The first kappa shape index (κ1) is 16.0. The van der Waals surface area contributed by atoms with E-state index in [0.717, 1.165) is 57.6 Å². The van der Waals surface area contributed by atoms with E-state index in [1.54, 1.807) is 0 Å². The van der Waals surface area contributed by atoms with Gasteiger partial charge < -0.3 is 10.2 Å². The lowest BCUT2D eigenvalue weighted by Crippen LogP contribution is -2.51. The van der Waals surface area contributed by atoms with Crippen molar-refractivity contribution in [2.24, 2.45) is 0 Å². The van der Waals surface area contributed by atoms with Gasteiger partial charge in [-0.2, -0.15) is 5.10 Å². The first-order chi connectivity index (χ1) is 10.1. The Hall–Kier alpha value is -1.36. The van der Waals surface area contributed by atoms with Crippen molar-refractivity contribution in [3.05, 3.63) is 17.5 Å². The van der Waals surface area contributed by atoms with Crippen LogP contribution in [0.25, 0.3) is 0 Å². The molecule has 1 aromatic heterocycles. The fraction of sp³-hybridized carbons (Fsp3) is 0.750. The van der Waals surface area contributed by atoms with E-state index < -0.39 is 0 Å². The maximum Gasteiger partial charge on any atom is 0.239 e. The zero-order chi connectivity index (χ0) is 15.2. The van der Waals surface area contributed by atoms with Crippen LogP contribution >= 0.6 is 0 Å². The third kappa shape index (κ3) is 4.30. The minimum Gasteiger partial charge on any atom is -0.341 e. The summed E-state index contributed by atoms with van der Waals surface area (Å²) in [5, 5.41) is 7.83. The maximum atomic E-state index is 12.4. The van der Waals surface area contributed by atoms with E-state index in [4.69, 9.17) is 0 Å². The van der Waals surface area contributed by atoms with Crippen molar-refractivity contribution in [1.29, 1.82) is 0 Å². The molecule has 1 amide bonds. The summed E-state index contributed by atoms with van der Waals surface area (Å²) in [4.78, 5) is 14.4. The molecule has 1 N–H and O–H groups in total. The normalized spacial score (nSPS) is 19.3. The number of carbonyl (C=O) groups excluding carboxylic acids is 1. The molecule has 0 aromatic carbocycles. The molecule has 118 valence electrons. The number of aromatic nitrogens is 2. The number of hydrogen-bond donors (Lipinski definition) is 1. The van der Waals surface area contributed by atoms with Gasteiger partial charge in [-0.05, 0) is 52.1 Å². The molecule has 2 rings (SSSR count). The van der Waals surface area contributed by atoms with Crippen LogP contribution in [0, 0.1) is 13.8 Å². The SMILES string of the molecule is CCCNC1CCCN(CCCn2nc(C)cc2C)C1=O. The molecule has 1 atom stereocenters. The van der Waals surface area contributed by atoms with Crippen LogP contribution in [0.2, 0.25) is 0 Å². The second-order valence-electron chi connectivity index (χ2n) is 5.98. The Kier molecular flexibility index (Phi) is 5.79. The van der Waals surface area contributed by atoms with E-state index in [2.05, 4.69) is 30.3 Å². The fourth-order valence-corrected chi connectivity index (χ4v) is 2.98. The van der Waals surface area contributed by atoms with Gasteiger partial charge in [-0.15, -0.1) is 0 Å². The number of likely N-dealkylation sites (tertiary alicyclic amines) is 1. The first-order valence-corrected chi connectivity index (χ1v) is 8.15. The molecule has 1 aliphatic heterocycles. The van der Waals surface area contributed by atoms with Crippen molar-refractivity contribution < 1.29 is 4.79 Å². The molecule has 2 heterocycles. The van der Waals surface area contributed by atoms with Gasteiger partial charge in [-0.25, -0.2) is 0 Å². The number of aryl methyl sites for hydroxylation is 3. The lowest BCUT2D eigenvalue weighted by atomic mass is 10.0. The third-order valence-corrected chi connectivity index (χ3v) is 4.07. The number of piperidine rings is 1. The quantitative estimate of drug-likeness (QED) is 0.835. The molecule has 21 heavy (non-hydrogen) atoms. The molecule has 0 aliphatic carbocycles. The Morgan fingerprint density at radius 1 is 1.38 bits per heavy atom.